The van der Waals surface area contributed by atoms with Gasteiger partial charge in [-0.05, 0) is 47.7 Å². The number of hydrogen-bond acceptors (Lipinski definition) is 3. The van der Waals surface area contributed by atoms with Crippen molar-refractivity contribution < 1.29 is 9.13 Å². The van der Waals surface area contributed by atoms with E-state index in [-0.39, 0.29) is 11.9 Å². The van der Waals surface area contributed by atoms with Crippen molar-refractivity contribution in [2.45, 2.75) is 25.8 Å². The number of nitrogens with one attached hydrogen (secondary N) is 1. The predicted octanol–water partition coefficient (Wildman–Crippen LogP) is 3.21. The summed E-state index contributed by atoms with van der Waals surface area (Å²) in [7, 11) is 0. The highest BCUT2D eigenvalue weighted by atomic mass is 79.9. The van der Waals surface area contributed by atoms with Crippen LogP contribution in [0.5, 0.6) is 0 Å². The number of nitrogens with zero attached hydrogens (tertiary/aromatic N) is 1. The average molecular weight is 303 g/mol. The second kappa shape index (κ2) is 5.78. The molecule has 2 heterocycles. The number of rotatable bonds is 3. The van der Waals surface area contributed by atoms with Crippen molar-refractivity contribution >= 4 is 21.7 Å². The topological polar surface area (TPSA) is 34.2 Å². The van der Waals surface area contributed by atoms with E-state index in [1.807, 2.05) is 0 Å². The van der Waals surface area contributed by atoms with Crippen LogP contribution < -0.4 is 5.32 Å². The minimum Gasteiger partial charge on any atom is -0.381 e. The molecule has 1 aliphatic rings. The summed E-state index contributed by atoms with van der Waals surface area (Å²) in [5.41, 5.74) is 0. The predicted molar refractivity (Wildman–Crippen MR) is 68.5 cm³/mol. The molecule has 1 aliphatic heterocycles. The Morgan fingerprint density at radius 1 is 1.53 bits per heavy atom. The second-order valence-electron chi connectivity index (χ2n) is 4.37. The van der Waals surface area contributed by atoms with Crippen LogP contribution in [0.2, 0.25) is 0 Å². The molecule has 1 fully saturated rings. The standard InChI is InChI=1S/C12H16BrFN2O/c1-8(9-2-4-17-5-3-9)16-12-11(14)6-10(13)7-15-12/h6-9H,2-5H2,1H3,(H,15,16). The summed E-state index contributed by atoms with van der Waals surface area (Å²) in [6, 6.07) is 1.63. The van der Waals surface area contributed by atoms with Crippen molar-refractivity contribution in [1.29, 1.82) is 0 Å². The van der Waals surface area contributed by atoms with Gasteiger partial charge in [0.1, 0.15) is 0 Å². The second-order valence-corrected chi connectivity index (χ2v) is 5.28. The van der Waals surface area contributed by atoms with Gasteiger partial charge >= 0.3 is 0 Å². The van der Waals surface area contributed by atoms with Crippen molar-refractivity contribution in [1.82, 2.24) is 4.98 Å². The molecule has 1 aromatic heterocycles. The number of hydrogen-bond donors (Lipinski definition) is 1. The summed E-state index contributed by atoms with van der Waals surface area (Å²) in [4.78, 5) is 4.05. The SMILES string of the molecule is CC(Nc1ncc(Br)cc1F)C1CCOCC1. The molecule has 2 rings (SSSR count). The highest BCUT2D eigenvalue weighted by molar-refractivity contribution is 9.10. The van der Waals surface area contributed by atoms with Crippen LogP contribution in [0.3, 0.4) is 0 Å². The minimum absolute atomic E-state index is 0.210. The van der Waals surface area contributed by atoms with Gasteiger partial charge in [0.05, 0.1) is 0 Å². The van der Waals surface area contributed by atoms with Crippen molar-refractivity contribution in [3.05, 3.63) is 22.6 Å². The van der Waals surface area contributed by atoms with Gasteiger partial charge in [-0.1, -0.05) is 0 Å². The summed E-state index contributed by atoms with van der Waals surface area (Å²) in [6.45, 7) is 3.67. The molecule has 0 spiro atoms. The molecule has 0 amide bonds. The molecule has 0 aromatic carbocycles. The van der Waals surface area contributed by atoms with E-state index in [0.717, 1.165) is 26.1 Å². The average Bonchev–Trinajstić information content (AvgIpc) is 2.34. The summed E-state index contributed by atoms with van der Waals surface area (Å²) < 4.78 is 19.6. The highest BCUT2D eigenvalue weighted by Crippen LogP contribution is 2.23. The number of anilines is 1. The van der Waals surface area contributed by atoms with E-state index in [2.05, 4.69) is 33.2 Å². The zero-order valence-corrected chi connectivity index (χ0v) is 11.3. The van der Waals surface area contributed by atoms with E-state index < -0.39 is 0 Å². The van der Waals surface area contributed by atoms with Crippen LogP contribution in [-0.4, -0.2) is 24.2 Å². The fraction of sp³-hybridized carbons (Fsp3) is 0.583. The van der Waals surface area contributed by atoms with Crippen molar-refractivity contribution in [2.24, 2.45) is 5.92 Å². The summed E-state index contributed by atoms with van der Waals surface area (Å²) in [6.07, 6.45) is 3.64. The third-order valence-corrected chi connectivity index (χ3v) is 3.58. The number of ether oxygens (including phenoxy) is 1. The molecule has 17 heavy (non-hydrogen) atoms. The van der Waals surface area contributed by atoms with Gasteiger partial charge in [0.2, 0.25) is 0 Å². The van der Waals surface area contributed by atoms with Crippen LogP contribution in [0.25, 0.3) is 0 Å². The first-order chi connectivity index (χ1) is 8.16. The van der Waals surface area contributed by atoms with Gasteiger partial charge < -0.3 is 10.1 Å². The van der Waals surface area contributed by atoms with Gasteiger partial charge in [0.25, 0.3) is 0 Å². The maximum absolute atomic E-state index is 13.6. The summed E-state index contributed by atoms with van der Waals surface area (Å²) in [5, 5.41) is 3.14. The van der Waals surface area contributed by atoms with Crippen molar-refractivity contribution in [2.75, 3.05) is 18.5 Å². The van der Waals surface area contributed by atoms with Crippen LogP contribution >= 0.6 is 15.9 Å². The monoisotopic (exact) mass is 302 g/mol. The Kier molecular flexibility index (Phi) is 4.34. The summed E-state index contributed by atoms with van der Waals surface area (Å²) in [5.74, 6) is 0.527. The third-order valence-electron chi connectivity index (χ3n) is 3.15. The normalized spacial score (nSPS) is 19.0. The van der Waals surface area contributed by atoms with Crippen LogP contribution in [0.4, 0.5) is 10.2 Å². The van der Waals surface area contributed by atoms with Crippen molar-refractivity contribution in [3.63, 3.8) is 0 Å². The van der Waals surface area contributed by atoms with Crippen LogP contribution in [0.15, 0.2) is 16.7 Å². The molecule has 1 unspecified atom stereocenters. The Morgan fingerprint density at radius 3 is 2.88 bits per heavy atom. The highest BCUT2D eigenvalue weighted by Gasteiger charge is 2.21. The van der Waals surface area contributed by atoms with Gasteiger partial charge in [-0.2, -0.15) is 0 Å². The molecule has 94 valence electrons. The fourth-order valence-corrected chi connectivity index (χ4v) is 2.37. The minimum atomic E-state index is -0.321. The fourth-order valence-electron chi connectivity index (χ4n) is 2.07. The molecule has 1 atom stereocenters. The van der Waals surface area contributed by atoms with Gasteiger partial charge in [-0.15, -0.1) is 0 Å². The lowest BCUT2D eigenvalue weighted by molar-refractivity contribution is 0.0622. The molecule has 3 nitrogen and oxygen atoms in total. The zero-order chi connectivity index (χ0) is 12.3. The Morgan fingerprint density at radius 2 is 2.24 bits per heavy atom. The van der Waals surface area contributed by atoms with Gasteiger partial charge in [-0.3, -0.25) is 0 Å². The molecular weight excluding hydrogens is 287 g/mol. The zero-order valence-electron chi connectivity index (χ0n) is 9.75. The lowest BCUT2D eigenvalue weighted by Crippen LogP contribution is -2.31. The molecular formula is C12H16BrFN2O. The maximum atomic E-state index is 13.6. The molecule has 0 bridgehead atoms. The molecule has 0 radical (unpaired) electrons. The van der Waals surface area contributed by atoms with E-state index >= 15 is 0 Å². The quantitative estimate of drug-likeness (QED) is 0.931. The van der Waals surface area contributed by atoms with Crippen LogP contribution in [-0.2, 0) is 4.74 Å². The van der Waals surface area contributed by atoms with Crippen molar-refractivity contribution in [3.8, 4) is 0 Å². The lowest BCUT2D eigenvalue weighted by Gasteiger charge is -2.28. The molecule has 5 heteroatoms. The Bertz CT molecular complexity index is 383. The number of pyridine rings is 1. The van der Waals surface area contributed by atoms with Crippen LogP contribution in [0, 0.1) is 11.7 Å². The number of aromatic nitrogens is 1. The van der Waals surface area contributed by atoms with Crippen LogP contribution in [0.1, 0.15) is 19.8 Å². The van der Waals surface area contributed by atoms with Gasteiger partial charge in [0, 0.05) is 29.9 Å². The first-order valence-corrected chi connectivity index (χ1v) is 6.61. The smallest absolute Gasteiger partial charge is 0.166 e. The lowest BCUT2D eigenvalue weighted by atomic mass is 9.93. The van der Waals surface area contributed by atoms with Gasteiger partial charge in [0.15, 0.2) is 11.6 Å². The summed E-state index contributed by atoms with van der Waals surface area (Å²) >= 11 is 3.19. The molecule has 1 saturated heterocycles. The van der Waals surface area contributed by atoms with E-state index in [9.17, 15) is 4.39 Å². The largest absolute Gasteiger partial charge is 0.381 e. The third kappa shape index (κ3) is 3.39. The first kappa shape index (κ1) is 12.8. The molecule has 0 saturated carbocycles. The number of halogens is 2. The van der Waals surface area contributed by atoms with E-state index in [4.69, 9.17) is 4.74 Å². The Labute approximate surface area is 109 Å². The Balaban J connectivity index is 1.99. The van der Waals surface area contributed by atoms with Gasteiger partial charge in [-0.25, -0.2) is 9.37 Å². The van der Waals surface area contributed by atoms with E-state index in [0.29, 0.717) is 16.2 Å². The molecule has 1 aromatic rings. The Hall–Kier alpha value is -0.680. The van der Waals surface area contributed by atoms with E-state index in [1.54, 1.807) is 6.20 Å². The molecule has 1 N–H and O–H groups in total. The maximum Gasteiger partial charge on any atom is 0.166 e. The molecule has 0 aliphatic carbocycles. The first-order valence-electron chi connectivity index (χ1n) is 5.82. The van der Waals surface area contributed by atoms with E-state index in [1.165, 1.54) is 6.07 Å².